The van der Waals surface area contributed by atoms with E-state index in [9.17, 15) is 26.3 Å². The predicted octanol–water partition coefficient (Wildman–Crippen LogP) is 3.97. The molecule has 0 spiro atoms. The maximum Gasteiger partial charge on any atom is 0.434 e. The normalized spacial score (nSPS) is 12.0. The van der Waals surface area contributed by atoms with Gasteiger partial charge in [-0.3, -0.25) is 0 Å². The monoisotopic (exact) mass is 326 g/mol. The molecule has 0 radical (unpaired) electrons. The van der Waals surface area contributed by atoms with Crippen molar-refractivity contribution in [3.05, 3.63) is 40.2 Å². The Hall–Kier alpha value is -1.61. The van der Waals surface area contributed by atoms with E-state index >= 15 is 0 Å². The van der Waals surface area contributed by atoms with Crippen LogP contribution in [-0.2, 0) is 12.7 Å². The highest BCUT2D eigenvalue weighted by atomic mass is 32.1. The molecule has 2 aromatic rings. The fraction of sp³-hybridized carbons (Fsp3) is 0.250. The van der Waals surface area contributed by atoms with Crippen molar-refractivity contribution in [3.63, 3.8) is 0 Å². The fourth-order valence-corrected chi connectivity index (χ4v) is 2.74. The molecule has 0 fully saturated rings. The van der Waals surface area contributed by atoms with Gasteiger partial charge >= 0.3 is 6.18 Å². The number of nitrogens with zero attached hydrogens (tertiary/aromatic N) is 1. The largest absolute Gasteiger partial charge is 0.434 e. The van der Waals surface area contributed by atoms with Crippen LogP contribution < -0.4 is 5.32 Å². The van der Waals surface area contributed by atoms with Crippen molar-refractivity contribution in [2.45, 2.75) is 12.7 Å². The number of nitrogens with one attached hydrogen (secondary N) is 1. The first-order valence-electron chi connectivity index (χ1n) is 5.60. The Labute approximate surface area is 119 Å². The summed E-state index contributed by atoms with van der Waals surface area (Å²) in [5, 5.41) is 2.32. The van der Waals surface area contributed by atoms with Crippen molar-refractivity contribution >= 4 is 11.3 Å². The van der Waals surface area contributed by atoms with Crippen LogP contribution in [0.5, 0.6) is 0 Å². The van der Waals surface area contributed by atoms with Gasteiger partial charge in [0.25, 0.3) is 0 Å². The summed E-state index contributed by atoms with van der Waals surface area (Å²) < 4.78 is 77.6. The third-order valence-electron chi connectivity index (χ3n) is 2.53. The number of rotatable bonds is 3. The van der Waals surface area contributed by atoms with Gasteiger partial charge in [-0.25, -0.2) is 18.2 Å². The Morgan fingerprint density at radius 2 is 1.71 bits per heavy atom. The third kappa shape index (κ3) is 3.18. The second kappa shape index (κ2) is 5.64. The Morgan fingerprint density at radius 1 is 1.14 bits per heavy atom. The lowest BCUT2D eigenvalue weighted by Crippen LogP contribution is -2.12. The first-order chi connectivity index (χ1) is 9.74. The number of halogens is 6. The van der Waals surface area contributed by atoms with E-state index in [1.165, 1.54) is 7.05 Å². The van der Waals surface area contributed by atoms with Gasteiger partial charge in [0.1, 0.15) is 5.01 Å². The van der Waals surface area contributed by atoms with E-state index in [1.54, 1.807) is 0 Å². The average Bonchev–Trinajstić information content (AvgIpc) is 2.80. The molecule has 0 saturated heterocycles. The Morgan fingerprint density at radius 3 is 2.19 bits per heavy atom. The molecule has 1 heterocycles. The Kier molecular flexibility index (Phi) is 4.24. The van der Waals surface area contributed by atoms with Crippen LogP contribution in [0.25, 0.3) is 10.6 Å². The van der Waals surface area contributed by atoms with Crippen LogP contribution >= 0.6 is 11.3 Å². The predicted molar refractivity (Wildman–Crippen MR) is 65.2 cm³/mol. The molecule has 114 valence electrons. The molecule has 0 bridgehead atoms. The third-order valence-corrected chi connectivity index (χ3v) is 3.64. The summed E-state index contributed by atoms with van der Waals surface area (Å²) in [7, 11) is 1.46. The number of aromatic nitrogens is 1. The van der Waals surface area contributed by atoms with E-state index < -0.39 is 29.3 Å². The fourth-order valence-electron chi connectivity index (χ4n) is 1.66. The molecule has 0 saturated carbocycles. The molecule has 0 atom stereocenters. The molecule has 1 aromatic heterocycles. The smallest absolute Gasteiger partial charge is 0.315 e. The molecule has 9 heteroatoms. The highest BCUT2D eigenvalue weighted by molar-refractivity contribution is 7.15. The summed E-state index contributed by atoms with van der Waals surface area (Å²) >= 11 is 0.638. The van der Waals surface area contributed by atoms with Gasteiger partial charge in [0.15, 0.2) is 23.1 Å². The van der Waals surface area contributed by atoms with Crippen LogP contribution in [0.15, 0.2) is 12.1 Å². The van der Waals surface area contributed by atoms with Gasteiger partial charge in [0.2, 0.25) is 0 Å². The number of benzene rings is 1. The second-order valence-electron chi connectivity index (χ2n) is 4.07. The van der Waals surface area contributed by atoms with E-state index in [-0.39, 0.29) is 22.0 Å². The molecule has 0 aliphatic rings. The number of hydrogen-bond acceptors (Lipinski definition) is 3. The van der Waals surface area contributed by atoms with Crippen LogP contribution in [0.1, 0.15) is 10.6 Å². The van der Waals surface area contributed by atoms with Gasteiger partial charge in [-0.1, -0.05) is 0 Å². The van der Waals surface area contributed by atoms with Crippen molar-refractivity contribution in [1.29, 1.82) is 0 Å². The van der Waals surface area contributed by atoms with E-state index in [2.05, 4.69) is 10.3 Å². The SMILES string of the molecule is CNCc1sc(-c2cc(F)c(F)c(F)c2)nc1C(F)(F)F. The lowest BCUT2D eigenvalue weighted by molar-refractivity contribution is -0.141. The molecule has 0 unspecified atom stereocenters. The van der Waals surface area contributed by atoms with E-state index in [1.807, 2.05) is 0 Å². The summed E-state index contributed by atoms with van der Waals surface area (Å²) in [5.74, 6) is -4.64. The highest BCUT2D eigenvalue weighted by Gasteiger charge is 2.37. The summed E-state index contributed by atoms with van der Waals surface area (Å²) in [6.45, 7) is -0.0985. The average molecular weight is 326 g/mol. The van der Waals surface area contributed by atoms with Gasteiger partial charge in [0.05, 0.1) is 4.88 Å². The Bertz CT molecular complexity index is 641. The standard InChI is InChI=1S/C12H8F6N2S/c1-19-4-8-10(12(16,17)18)20-11(21-8)5-2-6(13)9(15)7(14)3-5/h2-3,19H,4H2,1H3. The Balaban J connectivity index is 2.55. The van der Waals surface area contributed by atoms with Crippen molar-refractivity contribution in [2.24, 2.45) is 0 Å². The van der Waals surface area contributed by atoms with E-state index in [4.69, 9.17) is 0 Å². The van der Waals surface area contributed by atoms with Crippen LogP contribution in [0.3, 0.4) is 0 Å². The van der Waals surface area contributed by atoms with Crippen molar-refractivity contribution in [2.75, 3.05) is 7.05 Å². The highest BCUT2D eigenvalue weighted by Crippen LogP contribution is 2.38. The summed E-state index contributed by atoms with van der Waals surface area (Å²) in [6, 6.07) is 1.22. The minimum Gasteiger partial charge on any atom is -0.315 e. The first-order valence-corrected chi connectivity index (χ1v) is 6.42. The van der Waals surface area contributed by atoms with Crippen LogP contribution in [0, 0.1) is 17.5 Å². The van der Waals surface area contributed by atoms with Gasteiger partial charge in [-0.05, 0) is 19.2 Å². The van der Waals surface area contributed by atoms with Gasteiger partial charge < -0.3 is 5.32 Å². The molecule has 0 amide bonds. The zero-order valence-electron chi connectivity index (χ0n) is 10.5. The summed E-state index contributed by atoms with van der Waals surface area (Å²) in [5.41, 5.74) is -1.37. The zero-order valence-corrected chi connectivity index (χ0v) is 11.3. The lowest BCUT2D eigenvalue weighted by atomic mass is 10.2. The van der Waals surface area contributed by atoms with Crippen molar-refractivity contribution in [1.82, 2.24) is 10.3 Å². The van der Waals surface area contributed by atoms with Gasteiger partial charge in [-0.2, -0.15) is 13.2 Å². The molecular weight excluding hydrogens is 318 g/mol. The first kappa shape index (κ1) is 15.8. The maximum atomic E-state index is 13.1. The number of hydrogen-bond donors (Lipinski definition) is 1. The molecule has 2 nitrogen and oxygen atoms in total. The van der Waals surface area contributed by atoms with Crippen molar-refractivity contribution < 1.29 is 26.3 Å². The topological polar surface area (TPSA) is 24.9 Å². The van der Waals surface area contributed by atoms with E-state index in [0.29, 0.717) is 23.5 Å². The molecule has 0 aliphatic heterocycles. The van der Waals surface area contributed by atoms with Crippen molar-refractivity contribution in [3.8, 4) is 10.6 Å². The van der Waals surface area contributed by atoms with Gasteiger partial charge in [0, 0.05) is 12.1 Å². The molecule has 2 rings (SSSR count). The summed E-state index contributed by atoms with van der Waals surface area (Å²) in [4.78, 5) is 3.26. The summed E-state index contributed by atoms with van der Waals surface area (Å²) in [6.07, 6.45) is -4.68. The quantitative estimate of drug-likeness (QED) is 0.682. The number of alkyl halides is 3. The molecule has 21 heavy (non-hydrogen) atoms. The number of thiazole rings is 1. The van der Waals surface area contributed by atoms with Crippen LogP contribution in [0.4, 0.5) is 26.3 Å². The molecular formula is C12H8F6N2S. The minimum absolute atomic E-state index is 0.0985. The van der Waals surface area contributed by atoms with Gasteiger partial charge in [-0.15, -0.1) is 11.3 Å². The zero-order chi connectivity index (χ0) is 15.8. The van der Waals surface area contributed by atoms with E-state index in [0.717, 1.165) is 0 Å². The lowest BCUT2D eigenvalue weighted by Gasteiger charge is -2.04. The molecule has 1 N–H and O–H groups in total. The second-order valence-corrected chi connectivity index (χ2v) is 5.16. The molecule has 1 aromatic carbocycles. The molecule has 0 aliphatic carbocycles. The maximum absolute atomic E-state index is 13.1. The van der Waals surface area contributed by atoms with Crippen LogP contribution in [-0.4, -0.2) is 12.0 Å². The minimum atomic E-state index is -4.68. The van der Waals surface area contributed by atoms with Crippen LogP contribution in [0.2, 0.25) is 0 Å².